The predicted octanol–water partition coefficient (Wildman–Crippen LogP) is 3.91. The number of halogens is 1. The normalized spacial score (nSPS) is 11.0. The van der Waals surface area contributed by atoms with Gasteiger partial charge in [0.05, 0.1) is 13.7 Å². The summed E-state index contributed by atoms with van der Waals surface area (Å²) in [6, 6.07) is 14.1. The lowest BCUT2D eigenvalue weighted by molar-refractivity contribution is 0.243. The van der Waals surface area contributed by atoms with E-state index in [0.29, 0.717) is 24.9 Å². The Bertz CT molecular complexity index is 818. The van der Waals surface area contributed by atoms with Gasteiger partial charge in [-0.1, -0.05) is 19.1 Å². The maximum absolute atomic E-state index is 13.3. The quantitative estimate of drug-likeness (QED) is 0.652. The van der Waals surface area contributed by atoms with Gasteiger partial charge in [-0.15, -0.1) is 10.2 Å². The lowest BCUT2D eigenvalue weighted by Gasteiger charge is -2.18. The van der Waals surface area contributed by atoms with E-state index in [4.69, 9.17) is 9.15 Å². The minimum absolute atomic E-state index is 0.229. The second-order valence-corrected chi connectivity index (χ2v) is 5.66. The molecular weight excluding hydrogens is 321 g/mol. The van der Waals surface area contributed by atoms with Crippen LogP contribution in [0.1, 0.15) is 18.4 Å². The first kappa shape index (κ1) is 17.1. The lowest BCUT2D eigenvalue weighted by Crippen LogP contribution is -2.22. The molecule has 25 heavy (non-hydrogen) atoms. The number of benzene rings is 2. The van der Waals surface area contributed by atoms with E-state index in [2.05, 4.69) is 15.1 Å². The second-order valence-electron chi connectivity index (χ2n) is 5.66. The Balaban J connectivity index is 1.68. The fourth-order valence-corrected chi connectivity index (χ4v) is 2.53. The van der Waals surface area contributed by atoms with Crippen LogP contribution in [0.4, 0.5) is 4.39 Å². The maximum atomic E-state index is 13.3. The van der Waals surface area contributed by atoms with Gasteiger partial charge >= 0.3 is 0 Å². The zero-order valence-corrected chi connectivity index (χ0v) is 14.3. The minimum Gasteiger partial charge on any atom is -0.497 e. The molecule has 0 bridgehead atoms. The van der Waals surface area contributed by atoms with Crippen LogP contribution in [0, 0.1) is 5.82 Å². The predicted molar refractivity (Wildman–Crippen MR) is 92.5 cm³/mol. The summed E-state index contributed by atoms with van der Waals surface area (Å²) in [6.45, 7) is 3.96. The molecule has 1 heterocycles. The third-order valence-electron chi connectivity index (χ3n) is 3.91. The standard InChI is InChI=1S/C19H20FN3O2/c1-3-23(12-14-5-4-6-16(20)11-14)13-18-21-22-19(25-18)15-7-9-17(24-2)10-8-15/h4-11H,3,12-13H2,1-2H3. The summed E-state index contributed by atoms with van der Waals surface area (Å²) in [6.07, 6.45) is 0. The summed E-state index contributed by atoms with van der Waals surface area (Å²) in [5.41, 5.74) is 1.75. The SMILES string of the molecule is CCN(Cc1cccc(F)c1)Cc1nnc(-c2ccc(OC)cc2)o1. The van der Waals surface area contributed by atoms with Crippen molar-refractivity contribution in [3.63, 3.8) is 0 Å². The summed E-state index contributed by atoms with van der Waals surface area (Å²) in [5.74, 6) is 1.55. The van der Waals surface area contributed by atoms with E-state index in [0.717, 1.165) is 23.4 Å². The fourth-order valence-electron chi connectivity index (χ4n) is 2.53. The van der Waals surface area contributed by atoms with Gasteiger partial charge in [0.1, 0.15) is 11.6 Å². The van der Waals surface area contributed by atoms with Gasteiger partial charge in [0.2, 0.25) is 11.8 Å². The van der Waals surface area contributed by atoms with Crippen molar-refractivity contribution in [2.45, 2.75) is 20.0 Å². The van der Waals surface area contributed by atoms with E-state index in [9.17, 15) is 4.39 Å². The molecule has 6 heteroatoms. The third-order valence-corrected chi connectivity index (χ3v) is 3.91. The Morgan fingerprint density at radius 1 is 1.08 bits per heavy atom. The van der Waals surface area contributed by atoms with Crippen molar-refractivity contribution >= 4 is 0 Å². The zero-order valence-electron chi connectivity index (χ0n) is 14.3. The molecular formula is C19H20FN3O2. The van der Waals surface area contributed by atoms with Crippen molar-refractivity contribution in [1.82, 2.24) is 15.1 Å². The third kappa shape index (κ3) is 4.42. The Morgan fingerprint density at radius 3 is 2.56 bits per heavy atom. The van der Waals surface area contributed by atoms with Crippen LogP contribution in [0.2, 0.25) is 0 Å². The van der Waals surface area contributed by atoms with Gasteiger partial charge in [-0.3, -0.25) is 4.90 Å². The molecule has 0 N–H and O–H groups in total. The lowest BCUT2D eigenvalue weighted by atomic mass is 10.2. The van der Waals surface area contributed by atoms with Crippen LogP contribution in [0.25, 0.3) is 11.5 Å². The Labute approximate surface area is 146 Å². The molecule has 0 fully saturated rings. The first-order valence-corrected chi connectivity index (χ1v) is 8.11. The number of hydrogen-bond acceptors (Lipinski definition) is 5. The van der Waals surface area contributed by atoms with Crippen molar-refractivity contribution < 1.29 is 13.5 Å². The summed E-state index contributed by atoms with van der Waals surface area (Å²) >= 11 is 0. The molecule has 0 radical (unpaired) electrons. The van der Waals surface area contributed by atoms with Crippen molar-refractivity contribution in [3.8, 4) is 17.2 Å². The molecule has 130 valence electrons. The average Bonchev–Trinajstić information content (AvgIpc) is 3.10. The van der Waals surface area contributed by atoms with Gasteiger partial charge in [-0.05, 0) is 48.5 Å². The van der Waals surface area contributed by atoms with Crippen LogP contribution in [0.5, 0.6) is 5.75 Å². The minimum atomic E-state index is -0.229. The van der Waals surface area contributed by atoms with E-state index >= 15 is 0 Å². The van der Waals surface area contributed by atoms with Crippen molar-refractivity contribution in [3.05, 3.63) is 65.8 Å². The summed E-state index contributed by atoms with van der Waals surface area (Å²) in [7, 11) is 1.62. The van der Waals surface area contributed by atoms with Crippen molar-refractivity contribution in [2.24, 2.45) is 0 Å². The van der Waals surface area contributed by atoms with E-state index < -0.39 is 0 Å². The van der Waals surface area contributed by atoms with E-state index in [-0.39, 0.29) is 5.82 Å². The van der Waals surface area contributed by atoms with Crippen LogP contribution in [-0.4, -0.2) is 28.8 Å². The number of rotatable bonds is 7. The van der Waals surface area contributed by atoms with Gasteiger partial charge in [0, 0.05) is 12.1 Å². The smallest absolute Gasteiger partial charge is 0.247 e. The monoisotopic (exact) mass is 341 g/mol. The van der Waals surface area contributed by atoms with E-state index in [1.807, 2.05) is 37.3 Å². The Hall–Kier alpha value is -2.73. The largest absolute Gasteiger partial charge is 0.497 e. The number of aromatic nitrogens is 2. The van der Waals surface area contributed by atoms with Crippen molar-refractivity contribution in [1.29, 1.82) is 0 Å². The fraction of sp³-hybridized carbons (Fsp3) is 0.263. The molecule has 0 spiro atoms. The molecule has 3 rings (SSSR count). The zero-order chi connectivity index (χ0) is 17.6. The first-order chi connectivity index (χ1) is 12.2. The molecule has 3 aromatic rings. The van der Waals surface area contributed by atoms with Crippen LogP contribution in [0.15, 0.2) is 52.9 Å². The molecule has 0 saturated heterocycles. The summed E-state index contributed by atoms with van der Waals surface area (Å²) in [4.78, 5) is 2.11. The highest BCUT2D eigenvalue weighted by molar-refractivity contribution is 5.53. The van der Waals surface area contributed by atoms with Crippen LogP contribution >= 0.6 is 0 Å². The van der Waals surface area contributed by atoms with Crippen LogP contribution in [0.3, 0.4) is 0 Å². The number of ether oxygens (including phenoxy) is 1. The molecule has 0 amide bonds. The van der Waals surface area contributed by atoms with Gasteiger partial charge in [0.25, 0.3) is 0 Å². The van der Waals surface area contributed by atoms with Crippen LogP contribution < -0.4 is 4.74 Å². The molecule has 0 saturated carbocycles. The molecule has 5 nitrogen and oxygen atoms in total. The van der Waals surface area contributed by atoms with E-state index in [1.165, 1.54) is 6.07 Å². The number of methoxy groups -OCH3 is 1. The molecule has 2 aromatic carbocycles. The molecule has 0 atom stereocenters. The van der Waals surface area contributed by atoms with Crippen LogP contribution in [-0.2, 0) is 13.1 Å². The molecule has 1 aromatic heterocycles. The van der Waals surface area contributed by atoms with Gasteiger partial charge in [0.15, 0.2) is 0 Å². The first-order valence-electron chi connectivity index (χ1n) is 8.11. The summed E-state index contributed by atoms with van der Waals surface area (Å²) in [5, 5.41) is 8.22. The topological polar surface area (TPSA) is 51.4 Å². The summed E-state index contributed by atoms with van der Waals surface area (Å²) < 4.78 is 24.2. The highest BCUT2D eigenvalue weighted by atomic mass is 19.1. The molecule has 0 aliphatic heterocycles. The Morgan fingerprint density at radius 2 is 1.88 bits per heavy atom. The highest BCUT2D eigenvalue weighted by Crippen LogP contribution is 2.21. The van der Waals surface area contributed by atoms with Gasteiger partial charge < -0.3 is 9.15 Å². The highest BCUT2D eigenvalue weighted by Gasteiger charge is 2.13. The van der Waals surface area contributed by atoms with E-state index in [1.54, 1.807) is 19.2 Å². The van der Waals surface area contributed by atoms with Gasteiger partial charge in [-0.25, -0.2) is 4.39 Å². The second kappa shape index (κ2) is 7.90. The molecule has 0 aliphatic carbocycles. The molecule has 0 unspecified atom stereocenters. The van der Waals surface area contributed by atoms with Crippen molar-refractivity contribution in [2.75, 3.05) is 13.7 Å². The average molecular weight is 341 g/mol. The Kier molecular flexibility index (Phi) is 5.40. The number of hydrogen-bond donors (Lipinski definition) is 0. The maximum Gasteiger partial charge on any atom is 0.247 e. The molecule has 0 aliphatic rings. The number of nitrogens with zero attached hydrogens (tertiary/aromatic N) is 3. The van der Waals surface area contributed by atoms with Gasteiger partial charge in [-0.2, -0.15) is 0 Å².